The van der Waals surface area contributed by atoms with Crippen LogP contribution in [0.1, 0.15) is 42.5 Å². The molecule has 1 aliphatic rings. The lowest BCUT2D eigenvalue weighted by Gasteiger charge is -2.16. The molecule has 0 spiro atoms. The van der Waals surface area contributed by atoms with E-state index in [0.717, 1.165) is 25.0 Å². The maximum Gasteiger partial charge on any atom is 0.271 e. The fraction of sp³-hybridized carbons (Fsp3) is 0.429. The first-order valence-electron chi connectivity index (χ1n) is 6.66. The maximum absolute atomic E-state index is 11.8. The average Bonchev–Trinajstić information content (AvgIpc) is 2.45. The SMILES string of the molecule is O=C(NN=CC1CCCCC1)c1cc(O)c(O)c(O)c1. The molecule has 0 unspecified atom stereocenters. The van der Waals surface area contributed by atoms with Crippen molar-refractivity contribution >= 4 is 12.1 Å². The van der Waals surface area contributed by atoms with Crippen LogP contribution < -0.4 is 5.43 Å². The van der Waals surface area contributed by atoms with E-state index < -0.39 is 23.2 Å². The van der Waals surface area contributed by atoms with Gasteiger partial charge in [0.2, 0.25) is 0 Å². The maximum atomic E-state index is 11.8. The molecule has 0 radical (unpaired) electrons. The third-order valence-corrected chi connectivity index (χ3v) is 3.43. The fourth-order valence-electron chi connectivity index (χ4n) is 2.28. The number of rotatable bonds is 3. The van der Waals surface area contributed by atoms with Gasteiger partial charge in [0.15, 0.2) is 17.2 Å². The average molecular weight is 278 g/mol. The summed E-state index contributed by atoms with van der Waals surface area (Å²) < 4.78 is 0. The Morgan fingerprint density at radius 3 is 2.35 bits per heavy atom. The van der Waals surface area contributed by atoms with Crippen LogP contribution in [-0.2, 0) is 0 Å². The van der Waals surface area contributed by atoms with E-state index in [1.165, 1.54) is 19.3 Å². The van der Waals surface area contributed by atoms with E-state index in [1.807, 2.05) is 0 Å². The lowest BCUT2D eigenvalue weighted by Crippen LogP contribution is -2.19. The van der Waals surface area contributed by atoms with Crippen molar-refractivity contribution in [1.82, 2.24) is 5.43 Å². The minimum atomic E-state index is -0.646. The van der Waals surface area contributed by atoms with Crippen LogP contribution in [0.2, 0.25) is 0 Å². The Labute approximate surface area is 116 Å². The van der Waals surface area contributed by atoms with Crippen molar-refractivity contribution in [3.63, 3.8) is 0 Å². The molecule has 1 aromatic carbocycles. The largest absolute Gasteiger partial charge is 0.504 e. The highest BCUT2D eigenvalue weighted by Gasteiger charge is 2.14. The zero-order valence-electron chi connectivity index (χ0n) is 11.0. The summed E-state index contributed by atoms with van der Waals surface area (Å²) in [5, 5.41) is 31.8. The van der Waals surface area contributed by atoms with Gasteiger partial charge in [0.1, 0.15) is 0 Å². The number of nitrogens with one attached hydrogen (secondary N) is 1. The molecule has 1 saturated carbocycles. The minimum absolute atomic E-state index is 0.0265. The number of hydrogen-bond acceptors (Lipinski definition) is 5. The summed E-state index contributed by atoms with van der Waals surface area (Å²) in [4.78, 5) is 11.8. The molecule has 6 nitrogen and oxygen atoms in total. The van der Waals surface area contributed by atoms with Gasteiger partial charge in [-0.2, -0.15) is 5.10 Å². The van der Waals surface area contributed by atoms with Crippen LogP contribution in [-0.4, -0.2) is 27.4 Å². The highest BCUT2D eigenvalue weighted by atomic mass is 16.3. The van der Waals surface area contributed by atoms with Crippen LogP contribution in [0.4, 0.5) is 0 Å². The number of phenols is 3. The van der Waals surface area contributed by atoms with Crippen molar-refractivity contribution in [1.29, 1.82) is 0 Å². The zero-order chi connectivity index (χ0) is 14.5. The van der Waals surface area contributed by atoms with E-state index in [2.05, 4.69) is 10.5 Å². The molecule has 0 saturated heterocycles. The molecule has 20 heavy (non-hydrogen) atoms. The molecule has 1 aromatic rings. The monoisotopic (exact) mass is 278 g/mol. The molecule has 1 aliphatic carbocycles. The van der Waals surface area contributed by atoms with Gasteiger partial charge in [-0.25, -0.2) is 5.43 Å². The van der Waals surface area contributed by atoms with E-state index in [4.69, 9.17) is 0 Å². The van der Waals surface area contributed by atoms with Crippen LogP contribution in [0.25, 0.3) is 0 Å². The minimum Gasteiger partial charge on any atom is -0.504 e. The van der Waals surface area contributed by atoms with E-state index >= 15 is 0 Å². The summed E-state index contributed by atoms with van der Waals surface area (Å²) >= 11 is 0. The number of carbonyl (C=O) groups is 1. The van der Waals surface area contributed by atoms with Gasteiger partial charge in [-0.3, -0.25) is 4.79 Å². The Balaban J connectivity index is 1.96. The normalized spacial score (nSPS) is 16.4. The van der Waals surface area contributed by atoms with Crippen molar-refractivity contribution in [2.75, 3.05) is 0 Å². The highest BCUT2D eigenvalue weighted by Crippen LogP contribution is 2.35. The van der Waals surface area contributed by atoms with Gasteiger partial charge in [-0.05, 0) is 30.9 Å². The first-order valence-corrected chi connectivity index (χ1v) is 6.66. The van der Waals surface area contributed by atoms with Crippen molar-refractivity contribution in [3.05, 3.63) is 17.7 Å². The number of nitrogens with zero attached hydrogens (tertiary/aromatic N) is 1. The summed E-state index contributed by atoms with van der Waals surface area (Å²) in [6.07, 6.45) is 7.52. The van der Waals surface area contributed by atoms with Gasteiger partial charge in [-0.1, -0.05) is 19.3 Å². The number of carbonyl (C=O) groups excluding carboxylic acids is 1. The van der Waals surface area contributed by atoms with Crippen LogP contribution in [0.15, 0.2) is 17.2 Å². The van der Waals surface area contributed by atoms with Gasteiger partial charge in [0, 0.05) is 11.8 Å². The van der Waals surface area contributed by atoms with E-state index in [1.54, 1.807) is 6.21 Å². The Morgan fingerprint density at radius 2 is 1.75 bits per heavy atom. The molecule has 1 fully saturated rings. The molecule has 0 atom stereocenters. The molecular weight excluding hydrogens is 260 g/mol. The van der Waals surface area contributed by atoms with Gasteiger partial charge < -0.3 is 15.3 Å². The number of phenolic OH excluding ortho intramolecular Hbond substituents is 3. The van der Waals surface area contributed by atoms with Crippen LogP contribution in [0.5, 0.6) is 17.2 Å². The predicted octanol–water partition coefficient (Wildman–Crippen LogP) is 2.10. The Hall–Kier alpha value is -2.24. The molecule has 0 bridgehead atoms. The number of aromatic hydroxyl groups is 3. The number of amides is 1. The topological polar surface area (TPSA) is 102 Å². The summed E-state index contributed by atoms with van der Waals surface area (Å²) in [6, 6.07) is 2.14. The van der Waals surface area contributed by atoms with Crippen LogP contribution >= 0.6 is 0 Å². The third kappa shape index (κ3) is 3.40. The van der Waals surface area contributed by atoms with Crippen molar-refractivity contribution < 1.29 is 20.1 Å². The van der Waals surface area contributed by atoms with Gasteiger partial charge in [-0.15, -0.1) is 0 Å². The second kappa shape index (κ2) is 6.27. The summed E-state index contributed by atoms with van der Waals surface area (Å²) in [6.45, 7) is 0. The van der Waals surface area contributed by atoms with Crippen molar-refractivity contribution in [2.24, 2.45) is 11.0 Å². The second-order valence-electron chi connectivity index (χ2n) is 4.98. The molecule has 0 aliphatic heterocycles. The van der Waals surface area contributed by atoms with Crippen LogP contribution in [0, 0.1) is 5.92 Å². The Kier molecular flexibility index (Phi) is 4.45. The smallest absolute Gasteiger partial charge is 0.271 e. The fourth-order valence-corrected chi connectivity index (χ4v) is 2.28. The molecule has 2 rings (SSSR count). The molecule has 0 aromatic heterocycles. The Morgan fingerprint density at radius 1 is 1.15 bits per heavy atom. The lowest BCUT2D eigenvalue weighted by molar-refractivity contribution is 0.0954. The molecule has 6 heteroatoms. The second-order valence-corrected chi connectivity index (χ2v) is 4.98. The molecule has 0 heterocycles. The molecule has 4 N–H and O–H groups in total. The standard InChI is InChI=1S/C14H18N2O4/c17-11-6-10(7-12(18)13(11)19)14(20)16-15-8-9-4-2-1-3-5-9/h6-9,17-19H,1-5H2,(H,16,20). The van der Waals surface area contributed by atoms with Gasteiger partial charge >= 0.3 is 0 Å². The first kappa shape index (κ1) is 14.2. The third-order valence-electron chi connectivity index (χ3n) is 3.43. The van der Waals surface area contributed by atoms with Gasteiger partial charge in [0.25, 0.3) is 5.91 Å². The highest BCUT2D eigenvalue weighted by molar-refractivity contribution is 5.95. The van der Waals surface area contributed by atoms with Crippen molar-refractivity contribution in [2.45, 2.75) is 32.1 Å². The Bertz CT molecular complexity index is 499. The van der Waals surface area contributed by atoms with E-state index in [-0.39, 0.29) is 5.56 Å². The summed E-state index contributed by atoms with van der Waals surface area (Å²) in [7, 11) is 0. The summed E-state index contributed by atoms with van der Waals surface area (Å²) in [5.41, 5.74) is 2.37. The van der Waals surface area contributed by atoms with Crippen LogP contribution in [0.3, 0.4) is 0 Å². The number of benzene rings is 1. The lowest BCUT2D eigenvalue weighted by atomic mass is 9.90. The van der Waals surface area contributed by atoms with E-state index in [9.17, 15) is 20.1 Å². The first-order chi connectivity index (χ1) is 9.58. The molecular formula is C14H18N2O4. The quantitative estimate of drug-likeness (QED) is 0.386. The van der Waals surface area contributed by atoms with Gasteiger partial charge in [0.05, 0.1) is 0 Å². The molecule has 108 valence electrons. The number of hydrogen-bond donors (Lipinski definition) is 4. The molecule has 1 amide bonds. The van der Waals surface area contributed by atoms with Crippen molar-refractivity contribution in [3.8, 4) is 17.2 Å². The number of hydrazone groups is 1. The zero-order valence-corrected chi connectivity index (χ0v) is 11.0. The summed E-state index contributed by atoms with van der Waals surface area (Å²) in [5.74, 6) is -1.90. The predicted molar refractivity (Wildman–Crippen MR) is 74.0 cm³/mol. The van der Waals surface area contributed by atoms with E-state index in [0.29, 0.717) is 5.92 Å².